The highest BCUT2D eigenvalue weighted by Crippen LogP contribution is 2.20. The van der Waals surface area contributed by atoms with Crippen LogP contribution in [0.15, 0.2) is 18.0 Å². The highest BCUT2D eigenvalue weighted by Gasteiger charge is 2.06. The molecule has 248 valence electrons. The van der Waals surface area contributed by atoms with E-state index in [0.29, 0.717) is 23.2 Å². The van der Waals surface area contributed by atoms with E-state index in [9.17, 15) is 4.79 Å². The fourth-order valence-electron chi connectivity index (χ4n) is 3.87. The summed E-state index contributed by atoms with van der Waals surface area (Å²) < 4.78 is 0. The SMILES string of the molecule is CC.CC(C)C.CC/C=C(\CC)Nc1ncc(Cl)c(NCCCN(C)CCCCCC=O)n1.CCCCC(C)CCC. The quantitative estimate of drug-likeness (QED) is 0.113. The summed E-state index contributed by atoms with van der Waals surface area (Å²) >= 11 is 6.21. The Morgan fingerprint density at radius 1 is 0.952 bits per heavy atom. The van der Waals surface area contributed by atoms with E-state index < -0.39 is 0 Å². The number of halogens is 1. The molecule has 0 fully saturated rings. The van der Waals surface area contributed by atoms with Crippen LogP contribution in [0.5, 0.6) is 0 Å². The number of nitrogens with zero attached hydrogens (tertiary/aromatic N) is 3. The molecule has 0 aromatic carbocycles. The molecule has 0 spiro atoms. The number of hydrogen-bond acceptors (Lipinski definition) is 6. The lowest BCUT2D eigenvalue weighted by Crippen LogP contribution is -2.23. The summed E-state index contributed by atoms with van der Waals surface area (Å²) in [4.78, 5) is 21.4. The van der Waals surface area contributed by atoms with Crippen LogP contribution in [0.2, 0.25) is 5.02 Å². The molecule has 0 saturated heterocycles. The minimum atomic E-state index is 0.529. The number of aldehydes is 1. The van der Waals surface area contributed by atoms with Gasteiger partial charge in [-0.05, 0) is 64.1 Å². The zero-order chi connectivity index (χ0) is 32.6. The largest absolute Gasteiger partial charge is 0.369 e. The molecule has 1 heterocycles. The molecular weight excluding hydrogens is 542 g/mol. The third-order valence-corrected chi connectivity index (χ3v) is 6.33. The molecule has 1 aromatic heterocycles. The van der Waals surface area contributed by atoms with E-state index in [1.54, 1.807) is 6.20 Å². The van der Waals surface area contributed by atoms with Crippen molar-refractivity contribution in [3.63, 3.8) is 0 Å². The molecule has 1 rings (SSSR count). The summed E-state index contributed by atoms with van der Waals surface area (Å²) in [5.41, 5.74) is 1.11. The number of hydrogen-bond donors (Lipinski definition) is 2. The van der Waals surface area contributed by atoms with Crippen LogP contribution in [-0.2, 0) is 4.79 Å². The Hall–Kier alpha value is -1.66. The summed E-state index contributed by atoms with van der Waals surface area (Å²) in [6, 6.07) is 0. The Kier molecular flexibility index (Phi) is 36.1. The Morgan fingerprint density at radius 2 is 1.60 bits per heavy atom. The molecule has 0 radical (unpaired) electrons. The summed E-state index contributed by atoms with van der Waals surface area (Å²) in [5.74, 6) is 3.03. The molecule has 0 saturated carbocycles. The van der Waals surface area contributed by atoms with Gasteiger partial charge in [-0.2, -0.15) is 4.98 Å². The lowest BCUT2D eigenvalue weighted by atomic mass is 10.00. The Bertz CT molecular complexity index is 739. The van der Waals surface area contributed by atoms with Gasteiger partial charge < -0.3 is 20.3 Å². The van der Waals surface area contributed by atoms with Crippen LogP contribution in [0.1, 0.15) is 146 Å². The molecule has 0 bridgehead atoms. The summed E-state index contributed by atoms with van der Waals surface area (Å²) in [7, 11) is 2.13. The maximum absolute atomic E-state index is 10.3. The number of rotatable bonds is 20. The van der Waals surface area contributed by atoms with Crippen molar-refractivity contribution in [1.82, 2.24) is 14.9 Å². The summed E-state index contributed by atoms with van der Waals surface area (Å²) in [5, 5.41) is 7.09. The Balaban J connectivity index is -0.000000837. The van der Waals surface area contributed by atoms with Gasteiger partial charge in [0.15, 0.2) is 0 Å². The zero-order valence-electron chi connectivity index (χ0n) is 29.6. The molecule has 0 amide bonds. The van der Waals surface area contributed by atoms with Crippen molar-refractivity contribution in [3.05, 3.63) is 23.0 Å². The lowest BCUT2D eigenvalue weighted by molar-refractivity contribution is -0.107. The molecule has 6 nitrogen and oxygen atoms in total. The molecule has 0 aliphatic rings. The first kappa shape index (κ1) is 44.8. The molecule has 0 aliphatic carbocycles. The van der Waals surface area contributed by atoms with Gasteiger partial charge in [0.1, 0.15) is 17.1 Å². The maximum atomic E-state index is 10.3. The fraction of sp³-hybridized carbons (Fsp3) is 0.800. The van der Waals surface area contributed by atoms with Crippen LogP contribution < -0.4 is 10.6 Å². The number of carbonyl (C=O) groups excluding carboxylic acids is 1. The average molecular weight is 612 g/mol. The minimum Gasteiger partial charge on any atom is -0.369 e. The second-order valence-electron chi connectivity index (χ2n) is 11.4. The van der Waals surface area contributed by atoms with Gasteiger partial charge in [0.25, 0.3) is 0 Å². The van der Waals surface area contributed by atoms with E-state index in [4.69, 9.17) is 11.6 Å². The van der Waals surface area contributed by atoms with E-state index in [0.717, 1.165) is 82.0 Å². The van der Waals surface area contributed by atoms with Crippen LogP contribution in [0.25, 0.3) is 0 Å². The summed E-state index contributed by atoms with van der Waals surface area (Å²) in [6.45, 7) is 24.5. The predicted molar refractivity (Wildman–Crippen MR) is 190 cm³/mol. The first-order valence-electron chi connectivity index (χ1n) is 17.0. The van der Waals surface area contributed by atoms with E-state index in [1.165, 1.54) is 32.1 Å². The van der Waals surface area contributed by atoms with Crippen molar-refractivity contribution in [2.24, 2.45) is 11.8 Å². The highest BCUT2D eigenvalue weighted by atomic mass is 35.5. The van der Waals surface area contributed by atoms with Crippen molar-refractivity contribution in [2.45, 2.75) is 146 Å². The van der Waals surface area contributed by atoms with Crippen LogP contribution in [0, 0.1) is 11.8 Å². The molecule has 2 N–H and O–H groups in total. The molecule has 1 aromatic rings. The average Bonchev–Trinajstić information content (AvgIpc) is 2.96. The van der Waals surface area contributed by atoms with Gasteiger partial charge in [0.05, 0.1) is 6.20 Å². The molecular formula is C35H70ClN5O. The maximum Gasteiger partial charge on any atom is 0.228 e. The van der Waals surface area contributed by atoms with Gasteiger partial charge in [0.2, 0.25) is 5.95 Å². The van der Waals surface area contributed by atoms with E-state index in [2.05, 4.69) is 94.0 Å². The second-order valence-corrected chi connectivity index (χ2v) is 11.8. The van der Waals surface area contributed by atoms with Crippen molar-refractivity contribution in [2.75, 3.05) is 37.3 Å². The van der Waals surface area contributed by atoms with E-state index in [1.807, 2.05) is 13.8 Å². The van der Waals surface area contributed by atoms with Gasteiger partial charge in [-0.25, -0.2) is 4.98 Å². The zero-order valence-corrected chi connectivity index (χ0v) is 30.4. The van der Waals surface area contributed by atoms with Gasteiger partial charge in [-0.1, -0.05) is 125 Å². The highest BCUT2D eigenvalue weighted by molar-refractivity contribution is 6.32. The van der Waals surface area contributed by atoms with E-state index >= 15 is 0 Å². The molecule has 7 heteroatoms. The van der Waals surface area contributed by atoms with Crippen molar-refractivity contribution < 1.29 is 4.79 Å². The molecule has 1 unspecified atom stereocenters. The normalized spacial score (nSPS) is 11.4. The van der Waals surface area contributed by atoms with Crippen LogP contribution in [0.3, 0.4) is 0 Å². The van der Waals surface area contributed by atoms with Crippen LogP contribution in [0.4, 0.5) is 11.8 Å². The number of nitrogens with one attached hydrogen (secondary N) is 2. The number of allylic oxidation sites excluding steroid dienone is 2. The third-order valence-electron chi connectivity index (χ3n) is 6.05. The Labute approximate surface area is 267 Å². The third kappa shape index (κ3) is 31.3. The van der Waals surface area contributed by atoms with Crippen molar-refractivity contribution >= 4 is 29.7 Å². The Morgan fingerprint density at radius 3 is 2.14 bits per heavy atom. The van der Waals surface area contributed by atoms with Crippen molar-refractivity contribution in [3.8, 4) is 0 Å². The number of anilines is 2. The second kappa shape index (κ2) is 33.8. The number of aromatic nitrogens is 2. The molecule has 1 atom stereocenters. The fourth-order valence-corrected chi connectivity index (χ4v) is 4.03. The topological polar surface area (TPSA) is 70.2 Å². The predicted octanol–water partition coefficient (Wildman–Crippen LogP) is 11.0. The smallest absolute Gasteiger partial charge is 0.228 e. The summed E-state index contributed by atoms with van der Waals surface area (Å²) in [6.07, 6.45) is 18.5. The van der Waals surface area contributed by atoms with Gasteiger partial charge in [-0.15, -0.1) is 0 Å². The molecule has 0 aliphatic heterocycles. The number of unbranched alkanes of at least 4 members (excludes halogenated alkanes) is 4. The van der Waals surface area contributed by atoms with Crippen LogP contribution in [-0.4, -0.2) is 47.8 Å². The van der Waals surface area contributed by atoms with Gasteiger partial charge in [0, 0.05) is 18.7 Å². The first-order valence-corrected chi connectivity index (χ1v) is 17.4. The standard InChI is InChI=1S/C20H34ClN5O.C9H20.C4H10.C2H6/c1-4-11-17(5-2)24-20-23-16-18(21)19(25-20)22-12-10-14-26(3)13-8-6-7-9-15-27;1-4-6-8-9(3)7-5-2;1-4(2)3;1-2/h11,15-16H,4-10,12-14H2,1-3H3,(H2,22,23,24,25);9H,4-8H2,1-3H3;4H,1-3H3;1-2H3/b17-11+;;;. The monoisotopic (exact) mass is 612 g/mol. The van der Waals surface area contributed by atoms with Gasteiger partial charge in [-0.3, -0.25) is 0 Å². The first-order chi connectivity index (χ1) is 20.1. The van der Waals surface area contributed by atoms with Crippen LogP contribution >= 0.6 is 11.6 Å². The lowest BCUT2D eigenvalue weighted by Gasteiger charge is -2.17. The minimum absolute atomic E-state index is 0.529. The number of carbonyl (C=O) groups is 1. The van der Waals surface area contributed by atoms with Gasteiger partial charge >= 0.3 is 0 Å². The van der Waals surface area contributed by atoms with E-state index in [-0.39, 0.29) is 0 Å². The van der Waals surface area contributed by atoms with Crippen molar-refractivity contribution in [1.29, 1.82) is 0 Å². The molecule has 42 heavy (non-hydrogen) atoms.